The van der Waals surface area contributed by atoms with E-state index in [1.54, 1.807) is 12.5 Å². The number of ether oxygens (including phenoxy) is 1. The maximum atomic E-state index is 5.67. The molecular formula is C13H15NO2. The Morgan fingerprint density at radius 1 is 1.31 bits per heavy atom. The van der Waals surface area contributed by atoms with E-state index in [9.17, 15) is 0 Å². The van der Waals surface area contributed by atoms with Crippen LogP contribution in [0.2, 0.25) is 0 Å². The minimum atomic E-state index is 0.688. The van der Waals surface area contributed by atoms with Gasteiger partial charge < -0.3 is 9.15 Å². The fourth-order valence-corrected chi connectivity index (χ4v) is 1.50. The first-order chi connectivity index (χ1) is 7.86. The summed E-state index contributed by atoms with van der Waals surface area (Å²) in [4.78, 5) is 4.06. The molecule has 0 radical (unpaired) electrons. The van der Waals surface area contributed by atoms with E-state index in [1.165, 1.54) is 5.56 Å². The van der Waals surface area contributed by atoms with Crippen LogP contribution in [0.15, 0.2) is 41.1 Å². The first-order valence-electron chi connectivity index (χ1n) is 5.43. The fourth-order valence-electron chi connectivity index (χ4n) is 1.50. The Morgan fingerprint density at radius 2 is 2.19 bits per heavy atom. The average molecular weight is 217 g/mol. The molecule has 3 heteroatoms. The van der Waals surface area contributed by atoms with E-state index in [2.05, 4.69) is 4.98 Å². The summed E-state index contributed by atoms with van der Waals surface area (Å²) in [7, 11) is 0. The second-order valence-electron chi connectivity index (χ2n) is 3.64. The molecule has 0 aliphatic heterocycles. The van der Waals surface area contributed by atoms with Crippen LogP contribution in [0.4, 0.5) is 0 Å². The van der Waals surface area contributed by atoms with Gasteiger partial charge in [0.15, 0.2) is 5.89 Å². The quantitative estimate of drug-likeness (QED) is 0.722. The second-order valence-corrected chi connectivity index (χ2v) is 3.64. The van der Waals surface area contributed by atoms with Gasteiger partial charge in [0.25, 0.3) is 0 Å². The molecule has 0 aliphatic carbocycles. The molecule has 0 N–H and O–H groups in total. The number of para-hydroxylation sites is 1. The van der Waals surface area contributed by atoms with E-state index in [0.29, 0.717) is 6.61 Å². The van der Waals surface area contributed by atoms with Crippen LogP contribution in [0.1, 0.15) is 17.9 Å². The zero-order valence-corrected chi connectivity index (χ0v) is 9.35. The molecule has 0 saturated heterocycles. The predicted molar refractivity (Wildman–Crippen MR) is 61.5 cm³/mol. The van der Waals surface area contributed by atoms with Crippen LogP contribution in [-0.2, 0) is 6.42 Å². The first-order valence-corrected chi connectivity index (χ1v) is 5.43. The molecule has 16 heavy (non-hydrogen) atoms. The summed E-state index contributed by atoms with van der Waals surface area (Å²) in [5.41, 5.74) is 1.17. The molecule has 2 aromatic rings. The molecule has 0 atom stereocenters. The highest BCUT2D eigenvalue weighted by Gasteiger charge is 1.99. The summed E-state index contributed by atoms with van der Waals surface area (Å²) in [6.07, 6.45) is 4.99. The summed E-state index contributed by atoms with van der Waals surface area (Å²) >= 11 is 0. The van der Waals surface area contributed by atoms with Crippen molar-refractivity contribution in [3.8, 4) is 5.75 Å². The van der Waals surface area contributed by atoms with Crippen LogP contribution in [0, 0.1) is 6.92 Å². The molecule has 0 fully saturated rings. The Morgan fingerprint density at radius 3 is 2.94 bits per heavy atom. The monoisotopic (exact) mass is 217 g/mol. The number of benzene rings is 1. The van der Waals surface area contributed by atoms with Crippen molar-refractivity contribution in [2.45, 2.75) is 19.8 Å². The van der Waals surface area contributed by atoms with Crippen LogP contribution in [0.3, 0.4) is 0 Å². The summed E-state index contributed by atoms with van der Waals surface area (Å²) in [5.74, 6) is 1.73. The van der Waals surface area contributed by atoms with Crippen LogP contribution in [0.25, 0.3) is 0 Å². The minimum absolute atomic E-state index is 0.688. The third kappa shape index (κ3) is 2.86. The number of oxazole rings is 1. The third-order valence-corrected chi connectivity index (χ3v) is 2.37. The largest absolute Gasteiger partial charge is 0.493 e. The third-order valence-electron chi connectivity index (χ3n) is 2.37. The minimum Gasteiger partial charge on any atom is -0.493 e. The zero-order valence-electron chi connectivity index (χ0n) is 9.35. The van der Waals surface area contributed by atoms with Crippen molar-refractivity contribution in [3.05, 3.63) is 48.2 Å². The molecule has 1 aromatic carbocycles. The Bertz CT molecular complexity index is 423. The van der Waals surface area contributed by atoms with Crippen LogP contribution in [0.5, 0.6) is 5.75 Å². The van der Waals surface area contributed by atoms with Gasteiger partial charge in [-0.1, -0.05) is 18.2 Å². The second kappa shape index (κ2) is 5.35. The Labute approximate surface area is 95.1 Å². The number of aryl methyl sites for hydroxylation is 2. The maximum Gasteiger partial charge on any atom is 0.194 e. The van der Waals surface area contributed by atoms with Gasteiger partial charge in [-0.15, -0.1) is 0 Å². The Balaban J connectivity index is 1.74. The van der Waals surface area contributed by atoms with Gasteiger partial charge in [0.1, 0.15) is 12.0 Å². The van der Waals surface area contributed by atoms with Crippen molar-refractivity contribution < 1.29 is 9.15 Å². The smallest absolute Gasteiger partial charge is 0.194 e. The first kappa shape index (κ1) is 10.7. The molecule has 0 bridgehead atoms. The molecule has 1 aromatic heterocycles. The summed E-state index contributed by atoms with van der Waals surface area (Å²) in [6.45, 7) is 2.73. The summed E-state index contributed by atoms with van der Waals surface area (Å²) in [6, 6.07) is 8.02. The molecule has 1 heterocycles. The molecule has 0 spiro atoms. The van der Waals surface area contributed by atoms with Gasteiger partial charge in [0.05, 0.1) is 12.8 Å². The lowest BCUT2D eigenvalue weighted by atomic mass is 10.2. The maximum absolute atomic E-state index is 5.67. The summed E-state index contributed by atoms with van der Waals surface area (Å²) in [5, 5.41) is 0. The van der Waals surface area contributed by atoms with Crippen molar-refractivity contribution in [3.63, 3.8) is 0 Å². The van der Waals surface area contributed by atoms with Gasteiger partial charge in [0.2, 0.25) is 0 Å². The van der Waals surface area contributed by atoms with Crippen LogP contribution >= 0.6 is 0 Å². The Kier molecular flexibility index (Phi) is 3.59. The van der Waals surface area contributed by atoms with Crippen molar-refractivity contribution in [1.29, 1.82) is 0 Å². The van der Waals surface area contributed by atoms with Crippen LogP contribution < -0.4 is 4.74 Å². The van der Waals surface area contributed by atoms with Gasteiger partial charge in [-0.3, -0.25) is 0 Å². The number of hydrogen-bond donors (Lipinski definition) is 0. The number of aromatic nitrogens is 1. The zero-order chi connectivity index (χ0) is 11.2. The van der Waals surface area contributed by atoms with Gasteiger partial charge in [-0.25, -0.2) is 4.98 Å². The molecule has 3 nitrogen and oxygen atoms in total. The fraction of sp³-hybridized carbons (Fsp3) is 0.308. The molecule has 0 unspecified atom stereocenters. The number of rotatable bonds is 5. The molecule has 0 aliphatic rings. The lowest BCUT2D eigenvalue weighted by molar-refractivity contribution is 0.303. The van der Waals surface area contributed by atoms with Crippen molar-refractivity contribution in [2.24, 2.45) is 0 Å². The predicted octanol–water partition coefficient (Wildman–Crippen LogP) is 2.99. The molecule has 84 valence electrons. The number of nitrogens with zero attached hydrogens (tertiary/aromatic N) is 1. The van der Waals surface area contributed by atoms with E-state index in [-0.39, 0.29) is 0 Å². The Hall–Kier alpha value is -1.77. The molecule has 2 rings (SSSR count). The van der Waals surface area contributed by atoms with Crippen molar-refractivity contribution in [1.82, 2.24) is 4.98 Å². The average Bonchev–Trinajstić information content (AvgIpc) is 2.79. The normalized spacial score (nSPS) is 10.3. The highest BCUT2D eigenvalue weighted by molar-refractivity contribution is 5.31. The van der Waals surface area contributed by atoms with E-state index < -0.39 is 0 Å². The van der Waals surface area contributed by atoms with E-state index in [4.69, 9.17) is 9.15 Å². The van der Waals surface area contributed by atoms with Crippen molar-refractivity contribution in [2.75, 3.05) is 6.61 Å². The SMILES string of the molecule is Cc1ccccc1OCCCc1ncco1. The highest BCUT2D eigenvalue weighted by atomic mass is 16.5. The molecular weight excluding hydrogens is 202 g/mol. The van der Waals surface area contributed by atoms with E-state index >= 15 is 0 Å². The highest BCUT2D eigenvalue weighted by Crippen LogP contribution is 2.16. The standard InChI is InChI=1S/C13H15NO2/c1-11-5-2-3-6-12(11)15-9-4-7-13-14-8-10-16-13/h2-3,5-6,8,10H,4,7,9H2,1H3. The van der Waals surface area contributed by atoms with Crippen LogP contribution in [-0.4, -0.2) is 11.6 Å². The molecule has 0 amide bonds. The van der Waals surface area contributed by atoms with E-state index in [1.807, 2.05) is 31.2 Å². The lowest BCUT2D eigenvalue weighted by Gasteiger charge is -2.07. The van der Waals surface area contributed by atoms with Crippen molar-refractivity contribution >= 4 is 0 Å². The van der Waals surface area contributed by atoms with Gasteiger partial charge in [-0.05, 0) is 25.0 Å². The molecule has 0 saturated carbocycles. The van der Waals surface area contributed by atoms with Gasteiger partial charge in [-0.2, -0.15) is 0 Å². The van der Waals surface area contributed by atoms with Gasteiger partial charge >= 0.3 is 0 Å². The summed E-state index contributed by atoms with van der Waals surface area (Å²) < 4.78 is 10.8. The van der Waals surface area contributed by atoms with E-state index in [0.717, 1.165) is 24.5 Å². The number of hydrogen-bond acceptors (Lipinski definition) is 3. The van der Waals surface area contributed by atoms with Gasteiger partial charge in [0, 0.05) is 6.42 Å². The lowest BCUT2D eigenvalue weighted by Crippen LogP contribution is -2.00. The topological polar surface area (TPSA) is 35.3 Å².